The maximum atomic E-state index is 13.5. The lowest BCUT2D eigenvalue weighted by Gasteiger charge is -2.08. The molecule has 0 radical (unpaired) electrons. The molecule has 0 saturated heterocycles. The summed E-state index contributed by atoms with van der Waals surface area (Å²) >= 11 is 0. The summed E-state index contributed by atoms with van der Waals surface area (Å²) in [4.78, 5) is 11.3. The Morgan fingerprint density at radius 1 is 1.24 bits per heavy atom. The van der Waals surface area contributed by atoms with Gasteiger partial charge in [-0.05, 0) is 18.2 Å². The van der Waals surface area contributed by atoms with Crippen LogP contribution in [0, 0.1) is 5.82 Å². The van der Waals surface area contributed by atoms with Crippen LogP contribution in [-0.4, -0.2) is 22.8 Å². The van der Waals surface area contributed by atoms with Crippen LogP contribution >= 0.6 is 0 Å². The fraction of sp³-hybridized carbons (Fsp3) is 0.0625. The van der Waals surface area contributed by atoms with Crippen molar-refractivity contribution in [2.45, 2.75) is 0 Å². The van der Waals surface area contributed by atoms with Gasteiger partial charge in [-0.15, -0.1) is 0 Å². The van der Waals surface area contributed by atoms with E-state index in [0.717, 1.165) is 5.52 Å². The van der Waals surface area contributed by atoms with Gasteiger partial charge in [0.05, 0.1) is 18.2 Å². The summed E-state index contributed by atoms with van der Waals surface area (Å²) in [5.74, 6) is -1.35. The number of methoxy groups -OCH3 is 1. The Morgan fingerprint density at radius 3 is 2.71 bits per heavy atom. The van der Waals surface area contributed by atoms with Gasteiger partial charge in [0.15, 0.2) is 11.6 Å². The number of nitrogens with zero attached hydrogens (tertiary/aromatic N) is 1. The van der Waals surface area contributed by atoms with E-state index in [9.17, 15) is 14.3 Å². The van der Waals surface area contributed by atoms with Gasteiger partial charge >= 0.3 is 5.97 Å². The molecule has 0 atom stereocenters. The van der Waals surface area contributed by atoms with E-state index in [2.05, 4.69) is 0 Å². The van der Waals surface area contributed by atoms with Crippen molar-refractivity contribution in [3.8, 4) is 11.4 Å². The van der Waals surface area contributed by atoms with Gasteiger partial charge in [-0.1, -0.05) is 18.2 Å². The molecule has 106 valence electrons. The Hall–Kier alpha value is -2.82. The van der Waals surface area contributed by atoms with Crippen LogP contribution in [0.25, 0.3) is 16.6 Å². The number of carboxylic acids is 1. The van der Waals surface area contributed by atoms with Crippen molar-refractivity contribution >= 4 is 16.9 Å². The maximum Gasteiger partial charge on any atom is 0.337 e. The Balaban J connectivity index is 2.28. The fourth-order valence-electron chi connectivity index (χ4n) is 2.36. The Kier molecular flexibility index (Phi) is 3.10. The van der Waals surface area contributed by atoms with Crippen LogP contribution in [0.15, 0.2) is 48.7 Å². The van der Waals surface area contributed by atoms with Crippen LogP contribution in [-0.2, 0) is 0 Å². The summed E-state index contributed by atoms with van der Waals surface area (Å²) in [5, 5.41) is 9.92. The van der Waals surface area contributed by atoms with Crippen LogP contribution in [0.5, 0.6) is 5.75 Å². The average molecular weight is 285 g/mol. The molecule has 21 heavy (non-hydrogen) atoms. The number of para-hydroxylation sites is 1. The van der Waals surface area contributed by atoms with E-state index in [1.165, 1.54) is 25.4 Å². The number of hydrogen-bond donors (Lipinski definition) is 1. The lowest BCUT2D eigenvalue weighted by atomic mass is 10.2. The van der Waals surface area contributed by atoms with Crippen LogP contribution in [0.1, 0.15) is 10.4 Å². The van der Waals surface area contributed by atoms with E-state index in [1.54, 1.807) is 22.8 Å². The van der Waals surface area contributed by atoms with E-state index in [-0.39, 0.29) is 11.3 Å². The Labute approximate surface area is 120 Å². The van der Waals surface area contributed by atoms with Crippen molar-refractivity contribution in [2.24, 2.45) is 0 Å². The number of carbonyl (C=O) groups is 1. The minimum Gasteiger partial charge on any atom is -0.494 e. The van der Waals surface area contributed by atoms with E-state index >= 15 is 0 Å². The van der Waals surface area contributed by atoms with Gasteiger partial charge in [-0.2, -0.15) is 0 Å². The molecule has 0 aliphatic rings. The number of benzene rings is 2. The summed E-state index contributed by atoms with van der Waals surface area (Å²) in [7, 11) is 1.39. The van der Waals surface area contributed by atoms with Gasteiger partial charge in [-0.3, -0.25) is 0 Å². The Bertz CT molecular complexity index is 839. The third-order valence-corrected chi connectivity index (χ3v) is 3.36. The highest BCUT2D eigenvalue weighted by Crippen LogP contribution is 2.27. The molecule has 1 N–H and O–H groups in total. The van der Waals surface area contributed by atoms with Crippen LogP contribution in [0.3, 0.4) is 0 Å². The average Bonchev–Trinajstić information content (AvgIpc) is 2.88. The van der Waals surface area contributed by atoms with Crippen molar-refractivity contribution in [2.75, 3.05) is 7.11 Å². The van der Waals surface area contributed by atoms with Crippen LogP contribution < -0.4 is 4.74 Å². The van der Waals surface area contributed by atoms with Gasteiger partial charge < -0.3 is 14.4 Å². The van der Waals surface area contributed by atoms with Crippen molar-refractivity contribution < 1.29 is 19.0 Å². The third-order valence-electron chi connectivity index (χ3n) is 3.36. The number of aromatic nitrogens is 1. The topological polar surface area (TPSA) is 51.5 Å². The number of hydrogen-bond acceptors (Lipinski definition) is 2. The molecule has 0 fully saturated rings. The predicted octanol–water partition coefficient (Wildman–Crippen LogP) is 3.48. The molecule has 0 amide bonds. The second-order valence-corrected chi connectivity index (χ2v) is 4.55. The number of ether oxygens (including phenoxy) is 1. The molecule has 0 aliphatic carbocycles. The minimum atomic E-state index is -1.00. The zero-order valence-electron chi connectivity index (χ0n) is 11.2. The molecule has 3 rings (SSSR count). The first-order chi connectivity index (χ1) is 10.1. The number of aromatic carboxylic acids is 1. The molecule has 0 saturated carbocycles. The number of carboxylic acid groups (broad SMARTS) is 1. The molecule has 0 bridgehead atoms. The quantitative estimate of drug-likeness (QED) is 0.801. The molecule has 1 aromatic heterocycles. The summed E-state index contributed by atoms with van der Waals surface area (Å²) in [6.07, 6.45) is 1.53. The Morgan fingerprint density at radius 2 is 2.00 bits per heavy atom. The highest BCUT2D eigenvalue weighted by atomic mass is 19.1. The van der Waals surface area contributed by atoms with Crippen molar-refractivity contribution in [3.63, 3.8) is 0 Å². The molecule has 0 aliphatic heterocycles. The summed E-state index contributed by atoms with van der Waals surface area (Å²) in [6.45, 7) is 0. The number of fused-ring (bicyclic) bond motifs is 1. The zero-order chi connectivity index (χ0) is 15.0. The molecule has 1 heterocycles. The summed E-state index contributed by atoms with van der Waals surface area (Å²) in [5.41, 5.74) is 1.58. The molecule has 0 spiro atoms. The second kappa shape index (κ2) is 4.94. The molecular formula is C16H12FNO3. The first-order valence-corrected chi connectivity index (χ1v) is 6.29. The van der Waals surface area contributed by atoms with Crippen molar-refractivity contribution in [3.05, 3.63) is 60.0 Å². The minimum absolute atomic E-state index is 0.113. The lowest BCUT2D eigenvalue weighted by Crippen LogP contribution is -1.96. The fourth-order valence-corrected chi connectivity index (χ4v) is 2.36. The number of halogens is 1. The smallest absolute Gasteiger partial charge is 0.337 e. The zero-order valence-corrected chi connectivity index (χ0v) is 11.2. The second-order valence-electron chi connectivity index (χ2n) is 4.55. The van der Waals surface area contributed by atoms with Crippen molar-refractivity contribution in [1.82, 2.24) is 4.57 Å². The highest BCUT2D eigenvalue weighted by molar-refractivity contribution is 6.04. The van der Waals surface area contributed by atoms with Gasteiger partial charge in [0.1, 0.15) is 0 Å². The van der Waals surface area contributed by atoms with Gasteiger partial charge in [0.25, 0.3) is 0 Å². The first kappa shape index (κ1) is 13.2. The summed E-state index contributed by atoms with van der Waals surface area (Å²) < 4.78 is 20.2. The number of rotatable bonds is 3. The first-order valence-electron chi connectivity index (χ1n) is 6.29. The molecule has 2 aromatic carbocycles. The van der Waals surface area contributed by atoms with E-state index in [1.807, 2.05) is 12.1 Å². The molecule has 4 nitrogen and oxygen atoms in total. The molecule has 5 heteroatoms. The highest BCUT2D eigenvalue weighted by Gasteiger charge is 2.15. The van der Waals surface area contributed by atoms with Gasteiger partial charge in [0, 0.05) is 23.3 Å². The largest absolute Gasteiger partial charge is 0.494 e. The van der Waals surface area contributed by atoms with Crippen molar-refractivity contribution in [1.29, 1.82) is 0 Å². The molecular weight excluding hydrogens is 273 g/mol. The molecule has 3 aromatic rings. The third kappa shape index (κ3) is 2.12. The van der Waals surface area contributed by atoms with Gasteiger partial charge in [-0.25, -0.2) is 9.18 Å². The van der Waals surface area contributed by atoms with Crippen LogP contribution in [0.2, 0.25) is 0 Å². The van der Waals surface area contributed by atoms with E-state index in [4.69, 9.17) is 4.74 Å². The standard InChI is InChI=1S/C16H12FNO3/c1-21-15-8-10(6-7-13(15)17)18-9-12(16(19)20)11-4-2-3-5-14(11)18/h2-9H,1H3,(H,19,20). The van der Waals surface area contributed by atoms with Crippen LogP contribution in [0.4, 0.5) is 4.39 Å². The molecule has 0 unspecified atom stereocenters. The maximum absolute atomic E-state index is 13.5. The van der Waals surface area contributed by atoms with E-state index in [0.29, 0.717) is 11.1 Å². The normalized spacial score (nSPS) is 10.8. The van der Waals surface area contributed by atoms with Gasteiger partial charge in [0.2, 0.25) is 0 Å². The SMILES string of the molecule is COc1cc(-n2cc(C(=O)O)c3ccccc32)ccc1F. The monoisotopic (exact) mass is 285 g/mol. The summed E-state index contributed by atoms with van der Waals surface area (Å²) in [6, 6.07) is 11.6. The predicted molar refractivity (Wildman–Crippen MR) is 76.7 cm³/mol. The van der Waals surface area contributed by atoms with E-state index < -0.39 is 11.8 Å². The lowest BCUT2D eigenvalue weighted by molar-refractivity contribution is 0.0699.